The third-order valence-corrected chi connectivity index (χ3v) is 7.45. The van der Waals surface area contributed by atoms with Crippen LogP contribution < -0.4 is 4.74 Å². The quantitative estimate of drug-likeness (QED) is 0.381. The zero-order valence-electron chi connectivity index (χ0n) is 19.7. The number of rotatable bonds is 6. The van der Waals surface area contributed by atoms with Crippen molar-refractivity contribution in [3.63, 3.8) is 0 Å². The first-order valence-electron chi connectivity index (χ1n) is 12.2. The normalized spacial score (nSPS) is 24.7. The lowest BCUT2D eigenvalue weighted by molar-refractivity contribution is 0.100. The highest BCUT2D eigenvalue weighted by molar-refractivity contribution is 6.04. The highest BCUT2D eigenvalue weighted by Crippen LogP contribution is 2.34. The highest BCUT2D eigenvalue weighted by Gasteiger charge is 2.32. The summed E-state index contributed by atoms with van der Waals surface area (Å²) < 4.78 is 7.52. The predicted octanol–water partition coefficient (Wildman–Crippen LogP) is 5.29. The van der Waals surface area contributed by atoms with Gasteiger partial charge in [0, 0.05) is 36.5 Å². The minimum atomic E-state index is 0.387. The molecule has 0 spiro atoms. The summed E-state index contributed by atoms with van der Waals surface area (Å²) in [6.07, 6.45) is 11.3. The van der Waals surface area contributed by atoms with Crippen molar-refractivity contribution in [2.24, 2.45) is 11.1 Å². The number of benzene rings is 2. The van der Waals surface area contributed by atoms with E-state index >= 15 is 0 Å². The summed E-state index contributed by atoms with van der Waals surface area (Å²) in [4.78, 5) is 8.05. The van der Waals surface area contributed by atoms with Crippen LogP contribution in [0.3, 0.4) is 0 Å². The minimum absolute atomic E-state index is 0.387. The first-order valence-corrected chi connectivity index (χ1v) is 12.2. The van der Waals surface area contributed by atoms with Crippen LogP contribution in [0.1, 0.15) is 50.1 Å². The van der Waals surface area contributed by atoms with Crippen LogP contribution in [0, 0.1) is 5.92 Å². The SMILES string of the molecule is CO/N=C(/c1ccc2cc(OC)ccc2c1)C1CCCN(C2CCC(n3cccn3)CC2)C1. The third kappa shape index (κ3) is 4.76. The Morgan fingerprint density at radius 1 is 0.970 bits per heavy atom. The molecule has 1 aromatic heterocycles. The van der Waals surface area contributed by atoms with Crippen molar-refractivity contribution < 1.29 is 9.57 Å². The van der Waals surface area contributed by atoms with E-state index in [2.05, 4.69) is 56.4 Å². The van der Waals surface area contributed by atoms with E-state index < -0.39 is 0 Å². The summed E-state index contributed by atoms with van der Waals surface area (Å²) in [5, 5.41) is 11.4. The van der Waals surface area contributed by atoms with Gasteiger partial charge >= 0.3 is 0 Å². The van der Waals surface area contributed by atoms with Crippen molar-refractivity contribution in [3.05, 3.63) is 60.4 Å². The number of ether oxygens (including phenoxy) is 1. The molecule has 2 fully saturated rings. The zero-order valence-corrected chi connectivity index (χ0v) is 19.7. The van der Waals surface area contributed by atoms with E-state index in [0.29, 0.717) is 18.0 Å². The van der Waals surface area contributed by atoms with Gasteiger partial charge in [-0.2, -0.15) is 5.10 Å². The first-order chi connectivity index (χ1) is 16.2. The van der Waals surface area contributed by atoms with Crippen LogP contribution in [0.15, 0.2) is 60.0 Å². The summed E-state index contributed by atoms with van der Waals surface area (Å²) in [5.41, 5.74) is 2.23. The molecule has 1 aliphatic carbocycles. The molecular weight excluding hydrogens is 412 g/mol. The van der Waals surface area contributed by atoms with Crippen LogP contribution in [0.2, 0.25) is 0 Å². The summed E-state index contributed by atoms with van der Waals surface area (Å²) >= 11 is 0. The van der Waals surface area contributed by atoms with E-state index in [0.717, 1.165) is 30.0 Å². The molecule has 0 N–H and O–H groups in total. The van der Waals surface area contributed by atoms with Crippen molar-refractivity contribution in [2.75, 3.05) is 27.3 Å². The van der Waals surface area contributed by atoms with Crippen LogP contribution >= 0.6 is 0 Å². The molecule has 1 unspecified atom stereocenters. The molecular formula is C27H34N4O2. The van der Waals surface area contributed by atoms with Crippen LogP contribution in [0.4, 0.5) is 0 Å². The van der Waals surface area contributed by atoms with Crippen LogP contribution in [0.5, 0.6) is 5.75 Å². The third-order valence-electron chi connectivity index (χ3n) is 7.45. The number of likely N-dealkylation sites (tertiary alicyclic amines) is 1. The molecule has 174 valence electrons. The number of fused-ring (bicyclic) bond motifs is 1. The summed E-state index contributed by atoms with van der Waals surface area (Å²) in [5.74, 6) is 1.27. The second kappa shape index (κ2) is 9.96. The van der Waals surface area contributed by atoms with Gasteiger partial charge in [-0.15, -0.1) is 0 Å². The van der Waals surface area contributed by atoms with Crippen molar-refractivity contribution in [2.45, 2.75) is 50.6 Å². The Labute approximate surface area is 196 Å². The highest BCUT2D eigenvalue weighted by atomic mass is 16.6. The van der Waals surface area contributed by atoms with Gasteiger partial charge in [-0.3, -0.25) is 9.58 Å². The Balaban J connectivity index is 1.30. The van der Waals surface area contributed by atoms with Crippen LogP contribution in [-0.4, -0.2) is 53.7 Å². The number of hydrogen-bond acceptors (Lipinski definition) is 5. The first kappa shape index (κ1) is 22.0. The average Bonchev–Trinajstić information content (AvgIpc) is 3.42. The smallest absolute Gasteiger partial charge is 0.119 e. The largest absolute Gasteiger partial charge is 0.497 e. The number of nitrogens with zero attached hydrogens (tertiary/aromatic N) is 4. The van der Waals surface area contributed by atoms with Gasteiger partial charge in [0.2, 0.25) is 0 Å². The molecule has 0 amide bonds. The van der Waals surface area contributed by atoms with Crippen molar-refractivity contribution in [3.8, 4) is 5.75 Å². The van der Waals surface area contributed by atoms with Gasteiger partial charge in [-0.05, 0) is 80.1 Å². The van der Waals surface area contributed by atoms with Crippen LogP contribution in [-0.2, 0) is 4.84 Å². The second-order valence-electron chi connectivity index (χ2n) is 9.37. The van der Waals surface area contributed by atoms with Gasteiger partial charge in [0.05, 0.1) is 18.9 Å². The molecule has 1 saturated carbocycles. The lowest BCUT2D eigenvalue weighted by atomic mass is 9.85. The molecule has 33 heavy (non-hydrogen) atoms. The lowest BCUT2D eigenvalue weighted by Crippen LogP contribution is -2.46. The second-order valence-corrected chi connectivity index (χ2v) is 9.37. The molecule has 6 heteroatoms. The fourth-order valence-corrected chi connectivity index (χ4v) is 5.72. The van der Waals surface area contributed by atoms with Gasteiger partial charge in [0.25, 0.3) is 0 Å². The number of hydrogen-bond donors (Lipinski definition) is 0. The Morgan fingerprint density at radius 2 is 1.76 bits per heavy atom. The Kier molecular flexibility index (Phi) is 6.63. The van der Waals surface area contributed by atoms with E-state index in [-0.39, 0.29) is 0 Å². The summed E-state index contributed by atoms with van der Waals surface area (Å²) in [6.45, 7) is 2.24. The van der Waals surface area contributed by atoms with Crippen molar-refractivity contribution >= 4 is 16.5 Å². The molecule has 3 aromatic rings. The Bertz CT molecular complexity index is 1090. The monoisotopic (exact) mass is 446 g/mol. The van der Waals surface area contributed by atoms with E-state index in [9.17, 15) is 0 Å². The maximum atomic E-state index is 5.38. The number of methoxy groups -OCH3 is 1. The van der Waals surface area contributed by atoms with Gasteiger partial charge in [-0.1, -0.05) is 23.4 Å². The number of oxime groups is 1. The van der Waals surface area contributed by atoms with E-state index in [1.807, 2.05) is 18.3 Å². The fraction of sp³-hybridized carbons (Fsp3) is 0.481. The molecule has 2 aromatic carbocycles. The van der Waals surface area contributed by atoms with Gasteiger partial charge < -0.3 is 9.57 Å². The molecule has 6 nitrogen and oxygen atoms in total. The number of aromatic nitrogens is 2. The van der Waals surface area contributed by atoms with Crippen molar-refractivity contribution in [1.82, 2.24) is 14.7 Å². The lowest BCUT2D eigenvalue weighted by Gasteiger charge is -2.41. The zero-order chi connectivity index (χ0) is 22.6. The van der Waals surface area contributed by atoms with Crippen molar-refractivity contribution in [1.29, 1.82) is 0 Å². The summed E-state index contributed by atoms with van der Waals surface area (Å²) in [6, 6.07) is 16.0. The van der Waals surface area contributed by atoms with E-state index in [4.69, 9.17) is 9.57 Å². The Hall–Kier alpha value is -2.86. The molecule has 2 heterocycles. The molecule has 1 atom stereocenters. The molecule has 0 radical (unpaired) electrons. The molecule has 1 saturated heterocycles. The minimum Gasteiger partial charge on any atom is -0.497 e. The average molecular weight is 447 g/mol. The molecule has 1 aliphatic heterocycles. The fourth-order valence-electron chi connectivity index (χ4n) is 5.72. The van der Waals surface area contributed by atoms with E-state index in [1.54, 1.807) is 14.2 Å². The Morgan fingerprint density at radius 3 is 2.52 bits per heavy atom. The summed E-state index contributed by atoms with van der Waals surface area (Å²) in [7, 11) is 3.36. The van der Waals surface area contributed by atoms with E-state index in [1.165, 1.54) is 49.4 Å². The van der Waals surface area contributed by atoms with Gasteiger partial charge in [0.1, 0.15) is 12.9 Å². The molecule has 5 rings (SSSR count). The maximum Gasteiger partial charge on any atom is 0.119 e. The molecule has 0 bridgehead atoms. The number of piperidine rings is 1. The standard InChI is InChI=1S/C27H34N4O2/c1-32-26-13-8-20-17-22(7-6-21(20)18-26)27(29-33-2)23-5-3-15-30(19-23)24-9-11-25(12-10-24)31-16-4-14-28-31/h4,6-8,13-14,16-18,23-25H,3,5,9-12,15,19H2,1-2H3/b29-27-. The van der Waals surface area contributed by atoms with Gasteiger partial charge in [-0.25, -0.2) is 0 Å². The topological polar surface area (TPSA) is 51.9 Å². The maximum absolute atomic E-state index is 5.38. The predicted molar refractivity (Wildman–Crippen MR) is 132 cm³/mol. The van der Waals surface area contributed by atoms with Crippen LogP contribution in [0.25, 0.3) is 10.8 Å². The van der Waals surface area contributed by atoms with Gasteiger partial charge in [0.15, 0.2) is 0 Å². The molecule has 2 aliphatic rings.